The minimum atomic E-state index is 0.115. The molecule has 1 fully saturated rings. The molecule has 0 radical (unpaired) electrons. The molecule has 1 aromatic rings. The number of carbonyl (C=O) groups excluding carboxylic acids is 1. The number of aryl methyl sites for hydroxylation is 1. The Hall–Kier alpha value is -0.940. The number of piperazine rings is 1. The number of anilines is 1. The van der Waals surface area contributed by atoms with Crippen LogP contribution in [0.3, 0.4) is 0 Å². The lowest BCUT2D eigenvalue weighted by Gasteiger charge is -2.45. The fraction of sp³-hybridized carbons (Fsp3) is 0.692. The van der Waals surface area contributed by atoms with Crippen LogP contribution in [0.15, 0.2) is 0 Å². The molecule has 4 nitrogen and oxygen atoms in total. The van der Waals surface area contributed by atoms with Gasteiger partial charge in [-0.15, -0.1) is 0 Å². The number of ketones is 1. The van der Waals surface area contributed by atoms with Crippen LogP contribution in [-0.4, -0.2) is 47.9 Å². The summed E-state index contributed by atoms with van der Waals surface area (Å²) < 4.78 is 0. The maximum atomic E-state index is 11.5. The van der Waals surface area contributed by atoms with E-state index in [1.807, 2.05) is 6.92 Å². The molecule has 1 aliphatic rings. The van der Waals surface area contributed by atoms with Gasteiger partial charge in [-0.3, -0.25) is 9.69 Å². The number of carbonyl (C=O) groups is 1. The van der Waals surface area contributed by atoms with Crippen molar-refractivity contribution < 1.29 is 4.79 Å². The van der Waals surface area contributed by atoms with Crippen LogP contribution >= 0.6 is 11.3 Å². The number of rotatable bonds is 2. The zero-order chi connectivity index (χ0) is 13.5. The van der Waals surface area contributed by atoms with Gasteiger partial charge in [0, 0.05) is 32.1 Å². The van der Waals surface area contributed by atoms with Crippen molar-refractivity contribution >= 4 is 22.3 Å². The van der Waals surface area contributed by atoms with Gasteiger partial charge < -0.3 is 4.90 Å². The van der Waals surface area contributed by atoms with E-state index in [1.54, 1.807) is 6.92 Å². The van der Waals surface area contributed by atoms with E-state index in [9.17, 15) is 4.79 Å². The van der Waals surface area contributed by atoms with Crippen molar-refractivity contribution in [2.75, 3.05) is 31.6 Å². The Morgan fingerprint density at radius 1 is 1.39 bits per heavy atom. The number of hydrogen-bond acceptors (Lipinski definition) is 5. The molecule has 2 rings (SSSR count). The van der Waals surface area contributed by atoms with Crippen LogP contribution in [-0.2, 0) is 0 Å². The van der Waals surface area contributed by atoms with Crippen molar-refractivity contribution in [1.82, 2.24) is 9.88 Å². The zero-order valence-corrected chi connectivity index (χ0v) is 12.6. The van der Waals surface area contributed by atoms with Gasteiger partial charge in [-0.25, -0.2) is 4.98 Å². The Labute approximate surface area is 113 Å². The van der Waals surface area contributed by atoms with Crippen LogP contribution in [0.1, 0.15) is 36.1 Å². The normalized spacial score (nSPS) is 20.2. The van der Waals surface area contributed by atoms with Gasteiger partial charge >= 0.3 is 0 Å². The summed E-state index contributed by atoms with van der Waals surface area (Å²) in [6, 6.07) is 0. The van der Waals surface area contributed by atoms with E-state index in [0.717, 1.165) is 35.3 Å². The van der Waals surface area contributed by atoms with Crippen molar-refractivity contribution in [3.63, 3.8) is 0 Å². The second-order valence-electron chi connectivity index (χ2n) is 5.62. The molecule has 0 unspecified atom stereocenters. The van der Waals surface area contributed by atoms with Gasteiger partial charge in [0.05, 0.1) is 10.6 Å². The third kappa shape index (κ3) is 2.42. The lowest BCUT2D eigenvalue weighted by Crippen LogP contribution is -2.57. The van der Waals surface area contributed by atoms with Gasteiger partial charge in [-0.1, -0.05) is 11.3 Å². The summed E-state index contributed by atoms with van der Waals surface area (Å²) in [5, 5.41) is 0.985. The van der Waals surface area contributed by atoms with Crippen molar-refractivity contribution in [3.8, 4) is 0 Å². The summed E-state index contributed by atoms with van der Waals surface area (Å²) in [7, 11) is 2.16. The third-order valence-corrected chi connectivity index (χ3v) is 5.01. The average molecular weight is 267 g/mol. The lowest BCUT2D eigenvalue weighted by atomic mass is 10.0. The topological polar surface area (TPSA) is 36.4 Å². The van der Waals surface area contributed by atoms with Crippen molar-refractivity contribution in [3.05, 3.63) is 10.6 Å². The monoisotopic (exact) mass is 267 g/mol. The summed E-state index contributed by atoms with van der Waals surface area (Å²) in [4.78, 5) is 21.5. The molecule has 0 saturated carbocycles. The second kappa shape index (κ2) is 4.63. The Kier molecular flexibility index (Phi) is 3.47. The summed E-state index contributed by atoms with van der Waals surface area (Å²) in [5.74, 6) is 0.115. The van der Waals surface area contributed by atoms with Gasteiger partial charge in [0.15, 0.2) is 10.9 Å². The first-order valence-corrected chi connectivity index (χ1v) is 7.07. The van der Waals surface area contributed by atoms with E-state index in [4.69, 9.17) is 0 Å². The fourth-order valence-corrected chi connectivity index (χ4v) is 3.23. The molecule has 0 spiro atoms. The van der Waals surface area contributed by atoms with Gasteiger partial charge in [-0.05, 0) is 27.8 Å². The number of likely N-dealkylation sites (N-methyl/N-ethyl adjacent to an activating group) is 1. The molecular weight excluding hydrogens is 246 g/mol. The molecule has 0 amide bonds. The molecule has 5 heteroatoms. The van der Waals surface area contributed by atoms with Gasteiger partial charge in [0.1, 0.15) is 0 Å². The molecular formula is C13H21N3OS. The Morgan fingerprint density at radius 2 is 2.06 bits per heavy atom. The molecule has 18 heavy (non-hydrogen) atoms. The summed E-state index contributed by atoms with van der Waals surface area (Å²) >= 11 is 1.52. The molecule has 0 N–H and O–H groups in total. The van der Waals surface area contributed by atoms with Gasteiger partial charge in [0.25, 0.3) is 0 Å². The first kappa shape index (κ1) is 13.5. The summed E-state index contributed by atoms with van der Waals surface area (Å²) in [6.07, 6.45) is 0. The molecule has 0 bridgehead atoms. The highest BCUT2D eigenvalue weighted by Gasteiger charge is 2.32. The predicted molar refractivity (Wildman–Crippen MR) is 75.8 cm³/mol. The van der Waals surface area contributed by atoms with E-state index in [1.165, 1.54) is 11.3 Å². The smallest absolute Gasteiger partial charge is 0.186 e. The Bertz CT molecular complexity index is 467. The molecule has 0 aromatic carbocycles. The number of thiazole rings is 1. The van der Waals surface area contributed by atoms with E-state index in [0.29, 0.717) is 0 Å². The number of hydrogen-bond donors (Lipinski definition) is 0. The first-order valence-electron chi connectivity index (χ1n) is 6.26. The van der Waals surface area contributed by atoms with Crippen molar-refractivity contribution in [1.29, 1.82) is 0 Å². The molecule has 100 valence electrons. The van der Waals surface area contributed by atoms with Gasteiger partial charge in [0.2, 0.25) is 0 Å². The Balaban J connectivity index is 2.23. The highest BCUT2D eigenvalue weighted by atomic mass is 32.1. The molecule has 0 aliphatic carbocycles. The number of aromatic nitrogens is 1. The minimum Gasteiger partial charge on any atom is -0.345 e. The van der Waals surface area contributed by atoms with Crippen molar-refractivity contribution in [2.45, 2.75) is 33.2 Å². The maximum Gasteiger partial charge on any atom is 0.186 e. The molecule has 1 saturated heterocycles. The van der Waals surface area contributed by atoms with E-state index >= 15 is 0 Å². The molecule has 1 aromatic heterocycles. The number of nitrogens with zero attached hydrogens (tertiary/aromatic N) is 3. The lowest BCUT2D eigenvalue weighted by molar-refractivity contribution is 0.102. The van der Waals surface area contributed by atoms with Gasteiger partial charge in [-0.2, -0.15) is 0 Å². The average Bonchev–Trinajstić information content (AvgIpc) is 2.64. The highest BCUT2D eigenvalue weighted by Crippen LogP contribution is 2.30. The Morgan fingerprint density at radius 3 is 2.56 bits per heavy atom. The van der Waals surface area contributed by atoms with E-state index in [-0.39, 0.29) is 11.3 Å². The minimum absolute atomic E-state index is 0.115. The maximum absolute atomic E-state index is 11.5. The summed E-state index contributed by atoms with van der Waals surface area (Å²) in [6.45, 7) is 11.0. The van der Waals surface area contributed by atoms with Crippen LogP contribution in [0.4, 0.5) is 5.13 Å². The SMILES string of the molecule is CC(=O)c1sc(N2CCN(C)C(C)(C)C2)nc1C. The second-order valence-corrected chi connectivity index (χ2v) is 6.60. The van der Waals surface area contributed by atoms with Crippen molar-refractivity contribution in [2.24, 2.45) is 0 Å². The predicted octanol–water partition coefficient (Wildman–Crippen LogP) is 2.18. The standard InChI is InChI=1S/C13H21N3OS/c1-9-11(10(2)17)18-12(14-9)16-7-6-15(5)13(3,4)8-16/h6-8H2,1-5H3. The van der Waals surface area contributed by atoms with Crippen LogP contribution in [0.2, 0.25) is 0 Å². The number of Topliss-reactive ketones (excluding diaryl/α,β-unsaturated/α-hetero) is 1. The fourth-order valence-electron chi connectivity index (χ4n) is 2.25. The molecule has 0 atom stereocenters. The molecule has 2 heterocycles. The largest absolute Gasteiger partial charge is 0.345 e. The highest BCUT2D eigenvalue weighted by molar-refractivity contribution is 7.17. The van der Waals surface area contributed by atoms with Crippen LogP contribution in [0, 0.1) is 6.92 Å². The first-order chi connectivity index (χ1) is 8.31. The van der Waals surface area contributed by atoms with E-state index < -0.39 is 0 Å². The quantitative estimate of drug-likeness (QED) is 0.770. The third-order valence-electron chi connectivity index (χ3n) is 3.69. The van der Waals surface area contributed by atoms with E-state index in [2.05, 4.69) is 35.7 Å². The van der Waals surface area contributed by atoms with Crippen LogP contribution in [0.5, 0.6) is 0 Å². The van der Waals surface area contributed by atoms with Crippen LogP contribution < -0.4 is 4.90 Å². The van der Waals surface area contributed by atoms with Crippen LogP contribution in [0.25, 0.3) is 0 Å². The molecule has 1 aliphatic heterocycles. The summed E-state index contributed by atoms with van der Waals surface area (Å²) in [5.41, 5.74) is 1.01. The zero-order valence-electron chi connectivity index (χ0n) is 11.8.